The van der Waals surface area contributed by atoms with Crippen molar-refractivity contribution in [1.82, 2.24) is 10.2 Å². The summed E-state index contributed by atoms with van der Waals surface area (Å²) >= 11 is 0. The molecule has 0 radical (unpaired) electrons. The van der Waals surface area contributed by atoms with Crippen LogP contribution in [0.4, 0.5) is 0 Å². The molecule has 2 aliphatic rings. The zero-order valence-corrected chi connectivity index (χ0v) is 12.4. The van der Waals surface area contributed by atoms with E-state index in [2.05, 4.69) is 12.2 Å². The lowest BCUT2D eigenvalue weighted by atomic mass is 9.89. The maximum absolute atomic E-state index is 12.7. The molecule has 1 aliphatic heterocycles. The van der Waals surface area contributed by atoms with Crippen molar-refractivity contribution in [3.05, 3.63) is 0 Å². The quantitative estimate of drug-likeness (QED) is 0.778. The molecule has 1 saturated carbocycles. The van der Waals surface area contributed by atoms with E-state index in [-0.39, 0.29) is 24.4 Å². The van der Waals surface area contributed by atoms with Gasteiger partial charge in [0.25, 0.3) is 0 Å². The molecule has 1 N–H and O–H groups in total. The van der Waals surface area contributed by atoms with E-state index in [9.17, 15) is 9.59 Å². The van der Waals surface area contributed by atoms with E-state index in [1.54, 1.807) is 0 Å². The van der Waals surface area contributed by atoms with Crippen molar-refractivity contribution in [2.45, 2.75) is 70.9 Å². The fourth-order valence-corrected chi connectivity index (χ4v) is 3.39. The van der Waals surface area contributed by atoms with Crippen molar-refractivity contribution in [3.8, 4) is 0 Å². The summed E-state index contributed by atoms with van der Waals surface area (Å²) in [6.07, 6.45) is 6.52. The van der Waals surface area contributed by atoms with Crippen molar-refractivity contribution in [2.24, 2.45) is 5.92 Å². The second-order valence-corrected chi connectivity index (χ2v) is 6.35. The monoisotopic (exact) mass is 266 g/mol. The maximum Gasteiger partial charge on any atom is 0.248 e. The van der Waals surface area contributed by atoms with E-state index in [4.69, 9.17) is 0 Å². The first-order chi connectivity index (χ1) is 8.98. The lowest BCUT2D eigenvalue weighted by Crippen LogP contribution is -2.67. The van der Waals surface area contributed by atoms with Crippen LogP contribution in [0.1, 0.15) is 59.3 Å². The number of carbonyl (C=O) groups excluding carboxylic acids is 2. The van der Waals surface area contributed by atoms with Gasteiger partial charge < -0.3 is 10.2 Å². The molecule has 0 spiro atoms. The van der Waals surface area contributed by atoms with Crippen LogP contribution in [-0.4, -0.2) is 34.8 Å². The van der Waals surface area contributed by atoms with Crippen molar-refractivity contribution < 1.29 is 9.59 Å². The van der Waals surface area contributed by atoms with E-state index in [1.165, 1.54) is 25.7 Å². The molecule has 2 rings (SSSR count). The summed E-state index contributed by atoms with van der Waals surface area (Å²) in [7, 11) is 0. The van der Waals surface area contributed by atoms with Gasteiger partial charge in [0.15, 0.2) is 0 Å². The van der Waals surface area contributed by atoms with Crippen LogP contribution in [0.2, 0.25) is 0 Å². The average Bonchev–Trinajstić information content (AvgIpc) is 2.58. The maximum atomic E-state index is 12.7. The highest BCUT2D eigenvalue weighted by Gasteiger charge is 2.44. The Morgan fingerprint density at radius 3 is 2.63 bits per heavy atom. The number of nitrogens with one attached hydrogen (secondary N) is 1. The number of rotatable bonds is 2. The SMILES string of the molecule is CCC1(C)NC(=O)CN(C2CCCCCC2C)C1=O. The molecule has 0 aromatic heterocycles. The minimum atomic E-state index is -0.707. The van der Waals surface area contributed by atoms with Gasteiger partial charge in [-0.2, -0.15) is 0 Å². The molecule has 4 nitrogen and oxygen atoms in total. The zero-order chi connectivity index (χ0) is 14.0. The lowest BCUT2D eigenvalue weighted by molar-refractivity contribution is -0.153. The molecular formula is C15H26N2O2. The summed E-state index contributed by atoms with van der Waals surface area (Å²) in [6.45, 7) is 6.27. The molecule has 3 atom stereocenters. The predicted molar refractivity (Wildman–Crippen MR) is 74.6 cm³/mol. The predicted octanol–water partition coefficient (Wildman–Crippen LogP) is 2.08. The second kappa shape index (κ2) is 5.51. The van der Waals surface area contributed by atoms with Crippen LogP contribution in [0.5, 0.6) is 0 Å². The van der Waals surface area contributed by atoms with Crippen molar-refractivity contribution in [1.29, 1.82) is 0 Å². The van der Waals surface area contributed by atoms with Gasteiger partial charge >= 0.3 is 0 Å². The molecule has 0 aromatic carbocycles. The Kier molecular flexibility index (Phi) is 4.16. The number of hydrogen-bond donors (Lipinski definition) is 1. The van der Waals surface area contributed by atoms with Gasteiger partial charge in [0.2, 0.25) is 11.8 Å². The molecule has 4 heteroatoms. The summed E-state index contributed by atoms with van der Waals surface area (Å²) in [6, 6.07) is 0.243. The Bertz CT molecular complexity index is 369. The third-order valence-corrected chi connectivity index (χ3v) is 4.89. The van der Waals surface area contributed by atoms with Crippen molar-refractivity contribution in [3.63, 3.8) is 0 Å². The van der Waals surface area contributed by atoms with Crippen LogP contribution in [0.3, 0.4) is 0 Å². The van der Waals surface area contributed by atoms with Gasteiger partial charge in [-0.15, -0.1) is 0 Å². The largest absolute Gasteiger partial charge is 0.340 e. The van der Waals surface area contributed by atoms with E-state index in [1.807, 2.05) is 18.7 Å². The lowest BCUT2D eigenvalue weighted by Gasteiger charge is -2.44. The molecule has 2 fully saturated rings. The fraction of sp³-hybridized carbons (Fsp3) is 0.867. The van der Waals surface area contributed by atoms with Crippen LogP contribution < -0.4 is 5.32 Å². The highest BCUT2D eigenvalue weighted by molar-refractivity contribution is 5.97. The van der Waals surface area contributed by atoms with Gasteiger partial charge in [-0.3, -0.25) is 9.59 Å². The number of hydrogen-bond acceptors (Lipinski definition) is 2. The van der Waals surface area contributed by atoms with Crippen molar-refractivity contribution in [2.75, 3.05) is 6.54 Å². The topological polar surface area (TPSA) is 49.4 Å². The smallest absolute Gasteiger partial charge is 0.248 e. The molecular weight excluding hydrogens is 240 g/mol. The average molecular weight is 266 g/mol. The molecule has 1 saturated heterocycles. The highest BCUT2D eigenvalue weighted by atomic mass is 16.2. The number of nitrogens with zero attached hydrogens (tertiary/aromatic N) is 1. The molecule has 2 amide bonds. The van der Waals surface area contributed by atoms with Crippen molar-refractivity contribution >= 4 is 11.8 Å². The third-order valence-electron chi connectivity index (χ3n) is 4.89. The van der Waals surface area contributed by atoms with Crippen LogP contribution in [0, 0.1) is 5.92 Å². The molecule has 108 valence electrons. The minimum absolute atomic E-state index is 0.0135. The van der Waals surface area contributed by atoms with Gasteiger partial charge in [0.05, 0.1) is 6.54 Å². The van der Waals surface area contributed by atoms with E-state index >= 15 is 0 Å². The van der Waals surface area contributed by atoms with Crippen LogP contribution in [-0.2, 0) is 9.59 Å². The third kappa shape index (κ3) is 2.77. The Hall–Kier alpha value is -1.06. The molecule has 19 heavy (non-hydrogen) atoms. The summed E-state index contributed by atoms with van der Waals surface area (Å²) < 4.78 is 0. The summed E-state index contributed by atoms with van der Waals surface area (Å²) in [5, 5.41) is 2.86. The Balaban J connectivity index is 2.21. The van der Waals surface area contributed by atoms with Crippen LogP contribution in [0.15, 0.2) is 0 Å². The first-order valence-corrected chi connectivity index (χ1v) is 7.60. The molecule has 0 bridgehead atoms. The highest BCUT2D eigenvalue weighted by Crippen LogP contribution is 2.30. The van der Waals surface area contributed by atoms with Gasteiger partial charge in [-0.25, -0.2) is 0 Å². The fourth-order valence-electron chi connectivity index (χ4n) is 3.39. The van der Waals surface area contributed by atoms with Gasteiger partial charge in [0, 0.05) is 6.04 Å². The van der Waals surface area contributed by atoms with E-state index in [0.717, 1.165) is 6.42 Å². The van der Waals surface area contributed by atoms with E-state index < -0.39 is 5.54 Å². The number of carbonyl (C=O) groups is 2. The van der Waals surface area contributed by atoms with Gasteiger partial charge in [-0.05, 0) is 32.1 Å². The Labute approximate surface area is 115 Å². The van der Waals surface area contributed by atoms with Crippen LogP contribution in [0.25, 0.3) is 0 Å². The van der Waals surface area contributed by atoms with E-state index in [0.29, 0.717) is 12.3 Å². The standard InChI is InChI=1S/C15H26N2O2/c1-4-15(3)14(19)17(10-13(18)16-15)12-9-7-5-6-8-11(12)2/h11-12H,4-10H2,1-3H3,(H,16,18). The zero-order valence-electron chi connectivity index (χ0n) is 12.4. The number of amides is 2. The number of piperazine rings is 1. The van der Waals surface area contributed by atoms with Gasteiger partial charge in [-0.1, -0.05) is 33.1 Å². The first-order valence-electron chi connectivity index (χ1n) is 7.60. The second-order valence-electron chi connectivity index (χ2n) is 6.35. The van der Waals surface area contributed by atoms with Gasteiger partial charge in [0.1, 0.15) is 5.54 Å². The summed E-state index contributed by atoms with van der Waals surface area (Å²) in [4.78, 5) is 26.5. The Morgan fingerprint density at radius 1 is 1.26 bits per heavy atom. The normalized spacial score (nSPS) is 36.9. The molecule has 0 aromatic rings. The molecule has 1 aliphatic carbocycles. The Morgan fingerprint density at radius 2 is 1.95 bits per heavy atom. The first kappa shape index (κ1) is 14.4. The van der Waals surface area contributed by atoms with Crippen LogP contribution >= 0.6 is 0 Å². The summed E-state index contributed by atoms with van der Waals surface area (Å²) in [5.74, 6) is 0.590. The molecule has 3 unspecified atom stereocenters. The summed E-state index contributed by atoms with van der Waals surface area (Å²) in [5.41, 5.74) is -0.707. The minimum Gasteiger partial charge on any atom is -0.340 e. The molecule has 1 heterocycles.